The van der Waals surface area contributed by atoms with Gasteiger partial charge in [0.15, 0.2) is 0 Å². The van der Waals surface area contributed by atoms with Crippen molar-refractivity contribution >= 4 is 16.6 Å². The third kappa shape index (κ3) is 2.60. The van der Waals surface area contributed by atoms with E-state index in [4.69, 9.17) is 11.6 Å². The minimum atomic E-state index is 0.922. The molecule has 1 aromatic rings. The first-order valence-electron chi connectivity index (χ1n) is 4.72. The Kier molecular flexibility index (Phi) is 4.04. The van der Waals surface area contributed by atoms with E-state index >= 15 is 0 Å². The molecule has 0 amide bonds. The fourth-order valence-corrected chi connectivity index (χ4v) is 1.74. The zero-order valence-electron chi connectivity index (χ0n) is 8.18. The molecule has 0 unspecified atom stereocenters. The second kappa shape index (κ2) is 5.08. The van der Waals surface area contributed by atoms with E-state index in [2.05, 4.69) is 13.8 Å². The number of hydrogen-bond donors (Lipinski definition) is 0. The van der Waals surface area contributed by atoms with Crippen molar-refractivity contribution in [3.05, 3.63) is 41.5 Å². The molecule has 0 aromatic heterocycles. The van der Waals surface area contributed by atoms with Gasteiger partial charge in [-0.15, -0.1) is 0 Å². The third-order valence-corrected chi connectivity index (χ3v) is 2.68. The average molecular weight is 195 g/mol. The van der Waals surface area contributed by atoms with E-state index in [-0.39, 0.29) is 0 Å². The highest BCUT2D eigenvalue weighted by molar-refractivity contribution is 6.49. The molecule has 0 fully saturated rings. The molecule has 0 atom stereocenters. The molecule has 0 saturated heterocycles. The zero-order valence-corrected chi connectivity index (χ0v) is 8.93. The van der Waals surface area contributed by atoms with Crippen molar-refractivity contribution in [3.63, 3.8) is 0 Å². The summed E-state index contributed by atoms with van der Waals surface area (Å²) in [4.78, 5) is 0. The second-order valence-electron chi connectivity index (χ2n) is 2.99. The monoisotopic (exact) mass is 194 g/mol. The highest BCUT2D eigenvalue weighted by Crippen LogP contribution is 2.26. The summed E-state index contributed by atoms with van der Waals surface area (Å²) in [6, 6.07) is 10.1. The van der Waals surface area contributed by atoms with Crippen LogP contribution in [0.15, 0.2) is 35.9 Å². The Hall–Kier alpha value is -0.750. The number of hydrogen-bond acceptors (Lipinski definition) is 0. The lowest BCUT2D eigenvalue weighted by Gasteiger charge is -2.05. The van der Waals surface area contributed by atoms with Crippen LogP contribution in [0.5, 0.6) is 0 Å². The lowest BCUT2D eigenvalue weighted by molar-refractivity contribution is 0.987. The van der Waals surface area contributed by atoms with Gasteiger partial charge in [0.1, 0.15) is 0 Å². The van der Waals surface area contributed by atoms with Crippen molar-refractivity contribution in [2.45, 2.75) is 26.7 Å². The second-order valence-corrected chi connectivity index (χ2v) is 3.37. The molecule has 0 aliphatic heterocycles. The Balaban J connectivity index is 3.01. The summed E-state index contributed by atoms with van der Waals surface area (Å²) in [5, 5.41) is 0.922. The van der Waals surface area contributed by atoms with E-state index < -0.39 is 0 Å². The molecule has 0 saturated carbocycles. The van der Waals surface area contributed by atoms with Crippen molar-refractivity contribution in [2.24, 2.45) is 0 Å². The van der Waals surface area contributed by atoms with Gasteiger partial charge >= 0.3 is 0 Å². The molecule has 70 valence electrons. The molecule has 0 N–H and O–H groups in total. The van der Waals surface area contributed by atoms with Crippen molar-refractivity contribution in [1.82, 2.24) is 0 Å². The molecule has 1 aromatic carbocycles. The molecule has 1 heteroatoms. The standard InChI is InChI=1S/C12H15Cl/c1-3-10(4-2)12(13)11-8-6-5-7-9-11/h5-9H,3-4H2,1-2H3. The summed E-state index contributed by atoms with van der Waals surface area (Å²) >= 11 is 6.25. The summed E-state index contributed by atoms with van der Waals surface area (Å²) in [5.74, 6) is 0. The van der Waals surface area contributed by atoms with E-state index in [9.17, 15) is 0 Å². The van der Waals surface area contributed by atoms with E-state index in [1.165, 1.54) is 5.57 Å². The minimum absolute atomic E-state index is 0.922. The maximum Gasteiger partial charge on any atom is 0.0470 e. The Morgan fingerprint density at radius 1 is 1.08 bits per heavy atom. The van der Waals surface area contributed by atoms with Crippen LogP contribution >= 0.6 is 11.6 Å². The maximum absolute atomic E-state index is 6.25. The average Bonchev–Trinajstić information content (AvgIpc) is 2.21. The van der Waals surface area contributed by atoms with Gasteiger partial charge in [0.25, 0.3) is 0 Å². The van der Waals surface area contributed by atoms with Crippen molar-refractivity contribution < 1.29 is 0 Å². The van der Waals surface area contributed by atoms with Gasteiger partial charge in [-0.05, 0) is 18.4 Å². The van der Waals surface area contributed by atoms with Crippen LogP contribution in [0.1, 0.15) is 32.3 Å². The minimum Gasteiger partial charge on any atom is -0.0837 e. The van der Waals surface area contributed by atoms with E-state index in [1.807, 2.05) is 30.3 Å². The smallest absolute Gasteiger partial charge is 0.0470 e. The Labute approximate surface area is 85.2 Å². The highest BCUT2D eigenvalue weighted by atomic mass is 35.5. The Morgan fingerprint density at radius 2 is 1.62 bits per heavy atom. The van der Waals surface area contributed by atoms with Gasteiger partial charge in [-0.2, -0.15) is 0 Å². The van der Waals surface area contributed by atoms with Gasteiger partial charge in [-0.1, -0.05) is 61.4 Å². The largest absolute Gasteiger partial charge is 0.0837 e. The molecule has 0 aliphatic rings. The first-order valence-corrected chi connectivity index (χ1v) is 5.10. The van der Waals surface area contributed by atoms with E-state index in [0.717, 1.165) is 23.4 Å². The van der Waals surface area contributed by atoms with Crippen LogP contribution in [0.25, 0.3) is 5.03 Å². The summed E-state index contributed by atoms with van der Waals surface area (Å²) in [7, 11) is 0. The lowest BCUT2D eigenvalue weighted by Crippen LogP contribution is -1.84. The highest BCUT2D eigenvalue weighted by Gasteiger charge is 2.02. The van der Waals surface area contributed by atoms with Gasteiger partial charge < -0.3 is 0 Å². The number of allylic oxidation sites excluding steroid dienone is 1. The summed E-state index contributed by atoms with van der Waals surface area (Å²) < 4.78 is 0. The number of halogens is 1. The zero-order chi connectivity index (χ0) is 9.68. The molecule has 0 aliphatic carbocycles. The van der Waals surface area contributed by atoms with E-state index in [1.54, 1.807) is 0 Å². The molecule has 0 spiro atoms. The Bertz CT molecular complexity index is 279. The normalized spacial score (nSPS) is 9.77. The predicted molar refractivity (Wildman–Crippen MR) is 59.8 cm³/mol. The molecular formula is C12H15Cl. The van der Waals surface area contributed by atoms with E-state index in [0.29, 0.717) is 0 Å². The fourth-order valence-electron chi connectivity index (χ4n) is 1.35. The van der Waals surface area contributed by atoms with Crippen molar-refractivity contribution in [2.75, 3.05) is 0 Å². The van der Waals surface area contributed by atoms with Crippen LogP contribution in [-0.2, 0) is 0 Å². The number of rotatable bonds is 3. The molecule has 1 rings (SSSR count). The third-order valence-electron chi connectivity index (χ3n) is 2.19. The topological polar surface area (TPSA) is 0 Å². The van der Waals surface area contributed by atoms with Crippen LogP contribution in [-0.4, -0.2) is 0 Å². The fraction of sp³-hybridized carbons (Fsp3) is 0.333. The van der Waals surface area contributed by atoms with Crippen LogP contribution in [0.4, 0.5) is 0 Å². The predicted octanol–water partition coefficient (Wildman–Crippen LogP) is 4.46. The quantitative estimate of drug-likeness (QED) is 0.667. The summed E-state index contributed by atoms with van der Waals surface area (Å²) in [6.45, 7) is 4.29. The molecule has 0 nitrogen and oxygen atoms in total. The van der Waals surface area contributed by atoms with Crippen LogP contribution in [0.3, 0.4) is 0 Å². The molecule has 0 radical (unpaired) electrons. The van der Waals surface area contributed by atoms with Gasteiger partial charge in [0, 0.05) is 5.03 Å². The van der Waals surface area contributed by atoms with Crippen LogP contribution < -0.4 is 0 Å². The van der Waals surface area contributed by atoms with Crippen LogP contribution in [0, 0.1) is 0 Å². The van der Waals surface area contributed by atoms with Crippen LogP contribution in [0.2, 0.25) is 0 Å². The SMILES string of the molecule is CCC(CC)=C(Cl)c1ccccc1. The van der Waals surface area contributed by atoms with Gasteiger partial charge in [-0.3, -0.25) is 0 Å². The lowest BCUT2D eigenvalue weighted by atomic mass is 10.1. The first kappa shape index (κ1) is 10.3. The van der Waals surface area contributed by atoms with Gasteiger partial charge in [-0.25, -0.2) is 0 Å². The first-order chi connectivity index (χ1) is 6.29. The maximum atomic E-state index is 6.25. The molecule has 0 bridgehead atoms. The van der Waals surface area contributed by atoms with Gasteiger partial charge in [0.05, 0.1) is 0 Å². The summed E-state index contributed by atoms with van der Waals surface area (Å²) in [6.07, 6.45) is 2.06. The number of benzene rings is 1. The summed E-state index contributed by atoms with van der Waals surface area (Å²) in [5.41, 5.74) is 2.45. The van der Waals surface area contributed by atoms with Gasteiger partial charge in [0.2, 0.25) is 0 Å². The molecule has 0 heterocycles. The molecule has 13 heavy (non-hydrogen) atoms. The van der Waals surface area contributed by atoms with Crippen molar-refractivity contribution in [1.29, 1.82) is 0 Å². The molecular weight excluding hydrogens is 180 g/mol. The van der Waals surface area contributed by atoms with Crippen molar-refractivity contribution in [3.8, 4) is 0 Å². The Morgan fingerprint density at radius 3 is 2.08 bits per heavy atom.